The van der Waals surface area contributed by atoms with E-state index in [0.717, 1.165) is 25.7 Å². The van der Waals surface area contributed by atoms with Gasteiger partial charge in [-0.3, -0.25) is 0 Å². The maximum Gasteiger partial charge on any atom is 0.216 e. The molecule has 106 valence electrons. The van der Waals surface area contributed by atoms with E-state index in [-0.39, 0.29) is 17.2 Å². The van der Waals surface area contributed by atoms with Crippen LogP contribution in [-0.4, -0.2) is 49.7 Å². The van der Waals surface area contributed by atoms with Gasteiger partial charge in [-0.2, -0.15) is 0 Å². The van der Waals surface area contributed by atoms with Crippen LogP contribution in [0.2, 0.25) is 0 Å². The zero-order chi connectivity index (χ0) is 13.2. The zero-order valence-corrected chi connectivity index (χ0v) is 12.4. The van der Waals surface area contributed by atoms with Gasteiger partial charge in [0.15, 0.2) is 0 Å². The molecule has 4 nitrogen and oxygen atoms in total. The molecule has 6 heteroatoms. The molecule has 0 aromatic heterocycles. The van der Waals surface area contributed by atoms with Gasteiger partial charge < -0.3 is 4.74 Å². The molecule has 0 amide bonds. The van der Waals surface area contributed by atoms with E-state index in [9.17, 15) is 8.42 Å². The summed E-state index contributed by atoms with van der Waals surface area (Å²) in [5.74, 6) is 0.592. The minimum atomic E-state index is -3.15. The average Bonchev–Trinajstić information content (AvgIpc) is 2.81. The molecule has 2 aliphatic rings. The standard InChI is InChI=1S/C12H22ClNO3S/c1-10(13)11-4-6-14(7-5-11)18(15,16)9-12-3-2-8-17-12/h10-12H,2-9H2,1H3. The second kappa shape index (κ2) is 6.07. The van der Waals surface area contributed by atoms with Crippen LogP contribution in [0, 0.1) is 5.92 Å². The number of ether oxygens (including phenoxy) is 1. The van der Waals surface area contributed by atoms with E-state index in [0.29, 0.717) is 25.6 Å². The highest BCUT2D eigenvalue weighted by Gasteiger charge is 2.32. The highest BCUT2D eigenvalue weighted by Crippen LogP contribution is 2.26. The molecule has 2 aliphatic heterocycles. The Morgan fingerprint density at radius 1 is 1.33 bits per heavy atom. The first kappa shape index (κ1) is 14.6. The number of alkyl halides is 1. The lowest BCUT2D eigenvalue weighted by Gasteiger charge is -2.32. The Morgan fingerprint density at radius 2 is 2.00 bits per heavy atom. The number of sulfonamides is 1. The van der Waals surface area contributed by atoms with Crippen molar-refractivity contribution in [3.63, 3.8) is 0 Å². The fourth-order valence-corrected chi connectivity index (χ4v) is 4.69. The molecule has 2 rings (SSSR count). The summed E-state index contributed by atoms with van der Waals surface area (Å²) in [7, 11) is -3.15. The molecule has 18 heavy (non-hydrogen) atoms. The maximum absolute atomic E-state index is 12.2. The van der Waals surface area contributed by atoms with Crippen molar-refractivity contribution < 1.29 is 13.2 Å². The minimum Gasteiger partial charge on any atom is -0.377 e. The Balaban J connectivity index is 1.87. The largest absolute Gasteiger partial charge is 0.377 e. The molecule has 2 saturated heterocycles. The third kappa shape index (κ3) is 3.59. The summed E-state index contributed by atoms with van der Waals surface area (Å²) >= 11 is 6.07. The number of hydrogen-bond acceptors (Lipinski definition) is 3. The van der Waals surface area contributed by atoms with Crippen LogP contribution < -0.4 is 0 Å². The van der Waals surface area contributed by atoms with Crippen molar-refractivity contribution in [2.75, 3.05) is 25.4 Å². The maximum atomic E-state index is 12.2. The summed E-state index contributed by atoms with van der Waals surface area (Å²) in [4.78, 5) is 0. The van der Waals surface area contributed by atoms with E-state index in [4.69, 9.17) is 16.3 Å². The van der Waals surface area contributed by atoms with Crippen LogP contribution in [0.5, 0.6) is 0 Å². The van der Waals surface area contributed by atoms with Gasteiger partial charge in [-0.1, -0.05) is 0 Å². The minimum absolute atomic E-state index is 0.0975. The molecule has 0 aromatic carbocycles. The van der Waals surface area contributed by atoms with Gasteiger partial charge >= 0.3 is 0 Å². The van der Waals surface area contributed by atoms with Crippen LogP contribution >= 0.6 is 11.6 Å². The van der Waals surface area contributed by atoms with Crippen LogP contribution in [-0.2, 0) is 14.8 Å². The topological polar surface area (TPSA) is 46.6 Å². The summed E-state index contributed by atoms with van der Waals surface area (Å²) in [6, 6.07) is 0. The molecule has 2 heterocycles. The van der Waals surface area contributed by atoms with Crippen molar-refractivity contribution in [2.24, 2.45) is 5.92 Å². The number of piperidine rings is 1. The molecule has 0 N–H and O–H groups in total. The molecule has 2 unspecified atom stereocenters. The van der Waals surface area contributed by atoms with Crippen molar-refractivity contribution in [3.05, 3.63) is 0 Å². The van der Waals surface area contributed by atoms with Crippen molar-refractivity contribution in [1.29, 1.82) is 0 Å². The highest BCUT2D eigenvalue weighted by atomic mass is 35.5. The Hall–Kier alpha value is 0.160. The lowest BCUT2D eigenvalue weighted by atomic mass is 9.95. The van der Waals surface area contributed by atoms with Crippen LogP contribution in [0.3, 0.4) is 0 Å². The van der Waals surface area contributed by atoms with Crippen LogP contribution in [0.25, 0.3) is 0 Å². The smallest absolute Gasteiger partial charge is 0.216 e. The van der Waals surface area contributed by atoms with E-state index in [2.05, 4.69) is 0 Å². The van der Waals surface area contributed by atoms with Gasteiger partial charge in [0.2, 0.25) is 10.0 Å². The van der Waals surface area contributed by atoms with Gasteiger partial charge in [-0.05, 0) is 38.5 Å². The van der Waals surface area contributed by atoms with Crippen molar-refractivity contribution in [3.8, 4) is 0 Å². The Bertz CT molecular complexity index is 358. The van der Waals surface area contributed by atoms with Gasteiger partial charge in [0, 0.05) is 25.1 Å². The van der Waals surface area contributed by atoms with Gasteiger partial charge in [-0.25, -0.2) is 12.7 Å². The summed E-state index contributed by atoms with van der Waals surface area (Å²) in [5, 5.41) is 0.132. The first-order valence-electron chi connectivity index (χ1n) is 6.72. The van der Waals surface area contributed by atoms with E-state index in [1.165, 1.54) is 0 Å². The van der Waals surface area contributed by atoms with Gasteiger partial charge in [0.05, 0.1) is 11.9 Å². The second-order valence-electron chi connectivity index (χ2n) is 5.33. The molecule has 0 saturated carbocycles. The predicted molar refractivity (Wildman–Crippen MR) is 72.4 cm³/mol. The van der Waals surface area contributed by atoms with Crippen LogP contribution in [0.4, 0.5) is 0 Å². The molecule has 0 radical (unpaired) electrons. The van der Waals surface area contributed by atoms with Crippen molar-refractivity contribution >= 4 is 21.6 Å². The summed E-state index contributed by atoms with van der Waals surface area (Å²) in [6.45, 7) is 3.91. The Labute approximate surface area is 115 Å². The summed E-state index contributed by atoms with van der Waals surface area (Å²) < 4.78 is 31.5. The first-order valence-corrected chi connectivity index (χ1v) is 8.77. The van der Waals surface area contributed by atoms with Crippen LogP contribution in [0.1, 0.15) is 32.6 Å². The molecule has 0 aromatic rings. The molecule has 2 atom stereocenters. The van der Waals surface area contributed by atoms with E-state index >= 15 is 0 Å². The summed E-state index contributed by atoms with van der Waals surface area (Å²) in [6.07, 6.45) is 3.49. The Kier molecular flexibility index (Phi) is 4.92. The van der Waals surface area contributed by atoms with E-state index in [1.54, 1.807) is 4.31 Å². The molecular formula is C12H22ClNO3S. The molecule has 0 aliphatic carbocycles. The number of nitrogens with zero attached hydrogens (tertiary/aromatic N) is 1. The lowest BCUT2D eigenvalue weighted by Crippen LogP contribution is -2.42. The van der Waals surface area contributed by atoms with Crippen molar-refractivity contribution in [1.82, 2.24) is 4.31 Å². The van der Waals surface area contributed by atoms with Crippen LogP contribution in [0.15, 0.2) is 0 Å². The van der Waals surface area contributed by atoms with Crippen molar-refractivity contribution in [2.45, 2.75) is 44.1 Å². The Morgan fingerprint density at radius 3 is 2.50 bits per heavy atom. The zero-order valence-electron chi connectivity index (χ0n) is 10.8. The lowest BCUT2D eigenvalue weighted by molar-refractivity contribution is 0.126. The molecular weight excluding hydrogens is 274 g/mol. The number of halogens is 1. The highest BCUT2D eigenvalue weighted by molar-refractivity contribution is 7.89. The normalized spacial score (nSPS) is 29.6. The van der Waals surface area contributed by atoms with Gasteiger partial charge in [0.1, 0.15) is 0 Å². The molecule has 2 fully saturated rings. The van der Waals surface area contributed by atoms with E-state index < -0.39 is 10.0 Å². The summed E-state index contributed by atoms with van der Waals surface area (Å²) in [5.41, 5.74) is 0. The first-order chi connectivity index (χ1) is 8.49. The molecule has 0 spiro atoms. The quantitative estimate of drug-likeness (QED) is 0.744. The van der Waals surface area contributed by atoms with E-state index in [1.807, 2.05) is 6.92 Å². The fourth-order valence-electron chi connectivity index (χ4n) is 2.73. The third-order valence-corrected chi connectivity index (χ3v) is 6.26. The molecule has 0 bridgehead atoms. The predicted octanol–water partition coefficient (Wildman–Crippen LogP) is 1.83. The number of hydrogen-bond donors (Lipinski definition) is 0. The van der Waals surface area contributed by atoms with Gasteiger partial charge in [0.25, 0.3) is 0 Å². The number of rotatable bonds is 4. The average molecular weight is 296 g/mol. The third-order valence-electron chi connectivity index (χ3n) is 3.96. The fraction of sp³-hybridized carbons (Fsp3) is 1.00. The second-order valence-corrected chi connectivity index (χ2v) is 8.03. The SMILES string of the molecule is CC(Cl)C1CCN(S(=O)(=O)CC2CCCO2)CC1. The monoisotopic (exact) mass is 295 g/mol. The van der Waals surface area contributed by atoms with Gasteiger partial charge in [-0.15, -0.1) is 11.6 Å².